The van der Waals surface area contributed by atoms with Crippen LogP contribution < -0.4 is 10.1 Å². The Hall–Kier alpha value is -1.06. The highest BCUT2D eigenvalue weighted by Crippen LogP contribution is 2.23. The van der Waals surface area contributed by atoms with E-state index in [1.807, 2.05) is 0 Å². The Labute approximate surface area is 116 Å². The molecule has 1 aromatic rings. The Kier molecular flexibility index (Phi) is 4.83. The zero-order valence-electron chi connectivity index (χ0n) is 12.6. The lowest BCUT2D eigenvalue weighted by Gasteiger charge is -2.38. The monoisotopic (exact) mass is 262 g/mol. The molecule has 0 aromatic heterocycles. The summed E-state index contributed by atoms with van der Waals surface area (Å²) in [5.41, 5.74) is 2.59. The molecule has 2 atom stereocenters. The van der Waals surface area contributed by atoms with E-state index in [9.17, 15) is 0 Å². The summed E-state index contributed by atoms with van der Waals surface area (Å²) in [6, 6.07) is 7.63. The summed E-state index contributed by atoms with van der Waals surface area (Å²) in [4.78, 5) is 2.56. The number of aryl methyl sites for hydroxylation is 1. The molecule has 1 aromatic carbocycles. The van der Waals surface area contributed by atoms with Crippen molar-refractivity contribution in [3.8, 4) is 5.75 Å². The van der Waals surface area contributed by atoms with Gasteiger partial charge in [-0.2, -0.15) is 0 Å². The van der Waals surface area contributed by atoms with Crippen LogP contribution in [0, 0.1) is 6.92 Å². The molecule has 0 saturated carbocycles. The zero-order valence-corrected chi connectivity index (χ0v) is 12.6. The number of piperazine rings is 1. The van der Waals surface area contributed by atoms with Crippen LogP contribution in [0.5, 0.6) is 5.75 Å². The van der Waals surface area contributed by atoms with Crippen LogP contribution in [0.1, 0.15) is 31.4 Å². The normalized spacial score (nSPS) is 24.4. The second kappa shape index (κ2) is 6.40. The molecule has 0 bridgehead atoms. The van der Waals surface area contributed by atoms with Crippen LogP contribution in [0.4, 0.5) is 0 Å². The van der Waals surface area contributed by atoms with Gasteiger partial charge < -0.3 is 10.1 Å². The number of ether oxygens (including phenoxy) is 1. The minimum Gasteiger partial charge on any atom is -0.496 e. The molecule has 1 aliphatic heterocycles. The van der Waals surface area contributed by atoms with Crippen molar-refractivity contribution in [1.29, 1.82) is 0 Å². The van der Waals surface area contributed by atoms with E-state index in [0.717, 1.165) is 25.4 Å². The summed E-state index contributed by atoms with van der Waals surface area (Å²) < 4.78 is 5.49. The molecule has 1 fully saturated rings. The van der Waals surface area contributed by atoms with Gasteiger partial charge in [-0.3, -0.25) is 4.90 Å². The summed E-state index contributed by atoms with van der Waals surface area (Å²) in [7, 11) is 1.75. The van der Waals surface area contributed by atoms with Crippen molar-refractivity contribution in [2.45, 2.75) is 45.8 Å². The molecule has 0 aliphatic carbocycles. The van der Waals surface area contributed by atoms with Crippen LogP contribution in [-0.4, -0.2) is 37.2 Å². The van der Waals surface area contributed by atoms with Crippen molar-refractivity contribution >= 4 is 0 Å². The minimum absolute atomic E-state index is 0.577. The van der Waals surface area contributed by atoms with Gasteiger partial charge in [-0.25, -0.2) is 0 Å². The third kappa shape index (κ3) is 3.48. The second-order valence-corrected chi connectivity index (χ2v) is 5.61. The molecule has 3 nitrogen and oxygen atoms in total. The van der Waals surface area contributed by atoms with E-state index in [0.29, 0.717) is 12.1 Å². The number of hydrogen-bond donors (Lipinski definition) is 1. The average molecular weight is 262 g/mol. The fraction of sp³-hybridized carbons (Fsp3) is 0.625. The number of benzene rings is 1. The molecule has 19 heavy (non-hydrogen) atoms. The first-order valence-corrected chi connectivity index (χ1v) is 7.25. The lowest BCUT2D eigenvalue weighted by molar-refractivity contribution is 0.130. The average Bonchev–Trinajstić information content (AvgIpc) is 2.41. The molecule has 106 valence electrons. The fourth-order valence-electron chi connectivity index (χ4n) is 2.74. The first-order valence-electron chi connectivity index (χ1n) is 7.25. The maximum absolute atomic E-state index is 5.49. The maximum Gasteiger partial charge on any atom is 0.123 e. The molecule has 1 N–H and O–H groups in total. The molecule has 1 saturated heterocycles. The van der Waals surface area contributed by atoms with Gasteiger partial charge in [0.15, 0.2) is 0 Å². The maximum atomic E-state index is 5.49. The third-order valence-electron chi connectivity index (χ3n) is 4.08. The SMILES string of the molecule is CCC1CN(Cc2cc(C)ccc2OC)C(C)CN1. The highest BCUT2D eigenvalue weighted by Gasteiger charge is 2.24. The van der Waals surface area contributed by atoms with E-state index < -0.39 is 0 Å². The van der Waals surface area contributed by atoms with E-state index in [2.05, 4.69) is 49.2 Å². The summed E-state index contributed by atoms with van der Waals surface area (Å²) in [6.07, 6.45) is 1.19. The van der Waals surface area contributed by atoms with Crippen molar-refractivity contribution in [2.24, 2.45) is 0 Å². The van der Waals surface area contributed by atoms with Gasteiger partial charge in [0.2, 0.25) is 0 Å². The number of nitrogens with one attached hydrogen (secondary N) is 1. The summed E-state index contributed by atoms with van der Waals surface area (Å²) in [5, 5.41) is 3.60. The van der Waals surface area contributed by atoms with Crippen molar-refractivity contribution in [2.75, 3.05) is 20.2 Å². The lowest BCUT2D eigenvalue weighted by Crippen LogP contribution is -2.54. The Bertz CT molecular complexity index is 419. The number of methoxy groups -OCH3 is 1. The predicted molar refractivity (Wildman–Crippen MR) is 79.7 cm³/mol. The number of nitrogens with zero attached hydrogens (tertiary/aromatic N) is 1. The van der Waals surface area contributed by atoms with E-state index in [-0.39, 0.29) is 0 Å². The second-order valence-electron chi connectivity index (χ2n) is 5.61. The van der Waals surface area contributed by atoms with Crippen LogP contribution >= 0.6 is 0 Å². The van der Waals surface area contributed by atoms with E-state index in [1.54, 1.807) is 7.11 Å². The Morgan fingerprint density at radius 1 is 1.42 bits per heavy atom. The fourth-order valence-corrected chi connectivity index (χ4v) is 2.74. The van der Waals surface area contributed by atoms with Crippen LogP contribution in [0.3, 0.4) is 0 Å². The summed E-state index contributed by atoms with van der Waals surface area (Å²) in [5.74, 6) is 1.00. The third-order valence-corrected chi connectivity index (χ3v) is 4.08. The van der Waals surface area contributed by atoms with Gasteiger partial charge >= 0.3 is 0 Å². The Morgan fingerprint density at radius 2 is 2.21 bits per heavy atom. The number of hydrogen-bond acceptors (Lipinski definition) is 3. The predicted octanol–water partition coefficient (Wildman–Crippen LogP) is 2.58. The molecule has 1 aliphatic rings. The van der Waals surface area contributed by atoms with E-state index >= 15 is 0 Å². The largest absolute Gasteiger partial charge is 0.496 e. The van der Waals surface area contributed by atoms with Gasteiger partial charge in [0.1, 0.15) is 5.75 Å². The van der Waals surface area contributed by atoms with Crippen molar-refractivity contribution < 1.29 is 4.74 Å². The minimum atomic E-state index is 0.577. The zero-order chi connectivity index (χ0) is 13.8. The summed E-state index contributed by atoms with van der Waals surface area (Å²) in [6.45, 7) is 9.85. The van der Waals surface area contributed by atoms with Gasteiger partial charge in [0.05, 0.1) is 7.11 Å². The molecular formula is C16H26N2O. The molecule has 1 heterocycles. The first-order chi connectivity index (χ1) is 9.13. The lowest BCUT2D eigenvalue weighted by atomic mass is 10.0. The van der Waals surface area contributed by atoms with E-state index in [1.165, 1.54) is 17.5 Å². The van der Waals surface area contributed by atoms with Crippen molar-refractivity contribution in [3.05, 3.63) is 29.3 Å². The van der Waals surface area contributed by atoms with Gasteiger partial charge in [-0.05, 0) is 26.3 Å². The van der Waals surface area contributed by atoms with Gasteiger partial charge in [-0.1, -0.05) is 24.6 Å². The van der Waals surface area contributed by atoms with Crippen LogP contribution in [0.15, 0.2) is 18.2 Å². The molecule has 0 radical (unpaired) electrons. The highest BCUT2D eigenvalue weighted by molar-refractivity contribution is 5.36. The topological polar surface area (TPSA) is 24.5 Å². The highest BCUT2D eigenvalue weighted by atomic mass is 16.5. The quantitative estimate of drug-likeness (QED) is 0.902. The van der Waals surface area contributed by atoms with Crippen LogP contribution in [-0.2, 0) is 6.54 Å². The molecular weight excluding hydrogens is 236 g/mol. The molecule has 3 heteroatoms. The molecule has 2 unspecified atom stereocenters. The molecule has 0 amide bonds. The van der Waals surface area contributed by atoms with Crippen molar-refractivity contribution in [1.82, 2.24) is 10.2 Å². The molecule has 2 rings (SSSR count). The standard InChI is InChI=1S/C16H26N2O/c1-5-15-11-18(13(3)9-17-15)10-14-8-12(2)6-7-16(14)19-4/h6-8,13,15,17H,5,9-11H2,1-4H3. The van der Waals surface area contributed by atoms with Crippen LogP contribution in [0.25, 0.3) is 0 Å². The Balaban J connectivity index is 2.12. The van der Waals surface area contributed by atoms with Crippen molar-refractivity contribution in [3.63, 3.8) is 0 Å². The summed E-state index contributed by atoms with van der Waals surface area (Å²) >= 11 is 0. The van der Waals surface area contributed by atoms with Gasteiger partial charge in [0.25, 0.3) is 0 Å². The number of rotatable bonds is 4. The molecule has 0 spiro atoms. The van der Waals surface area contributed by atoms with Gasteiger partial charge in [-0.15, -0.1) is 0 Å². The smallest absolute Gasteiger partial charge is 0.123 e. The van der Waals surface area contributed by atoms with E-state index in [4.69, 9.17) is 4.74 Å². The first kappa shape index (κ1) is 14.4. The van der Waals surface area contributed by atoms with Gasteiger partial charge in [0, 0.05) is 37.3 Å². The van der Waals surface area contributed by atoms with Crippen LogP contribution in [0.2, 0.25) is 0 Å². The Morgan fingerprint density at radius 3 is 2.89 bits per heavy atom.